The van der Waals surface area contributed by atoms with Crippen LogP contribution in [0.25, 0.3) is 0 Å². The molecule has 1 aliphatic carbocycles. The van der Waals surface area contributed by atoms with E-state index in [2.05, 4.69) is 10.3 Å². The fourth-order valence-corrected chi connectivity index (χ4v) is 1.66. The van der Waals surface area contributed by atoms with E-state index in [1.165, 1.54) is 12.3 Å². The quantitative estimate of drug-likeness (QED) is 0.605. The van der Waals surface area contributed by atoms with E-state index in [9.17, 15) is 9.59 Å². The van der Waals surface area contributed by atoms with E-state index in [1.54, 1.807) is 0 Å². The Balaban J connectivity index is 0.00000162. The minimum atomic E-state index is -0.560. The zero-order valence-electron chi connectivity index (χ0n) is 9.81. The molecule has 0 radical (unpaired) electrons. The Bertz CT molecular complexity index is 442. The Kier molecular flexibility index (Phi) is 4.75. The molecular weight excluding hydrogens is 256 g/mol. The van der Waals surface area contributed by atoms with Gasteiger partial charge < -0.3 is 21.8 Å². The third-order valence-corrected chi connectivity index (χ3v) is 2.94. The van der Waals surface area contributed by atoms with Gasteiger partial charge in [0, 0.05) is 18.8 Å². The van der Waals surface area contributed by atoms with E-state index in [0.717, 1.165) is 12.8 Å². The first-order valence-electron chi connectivity index (χ1n) is 5.60. The Hall–Kier alpha value is -1.53. The van der Waals surface area contributed by atoms with Crippen molar-refractivity contribution in [3.8, 4) is 0 Å². The van der Waals surface area contributed by atoms with Crippen LogP contribution in [0.15, 0.2) is 12.3 Å². The van der Waals surface area contributed by atoms with Gasteiger partial charge in [0.15, 0.2) is 0 Å². The topological polar surface area (TPSA) is 114 Å². The van der Waals surface area contributed by atoms with Gasteiger partial charge in [-0.15, -0.1) is 12.4 Å². The fourth-order valence-electron chi connectivity index (χ4n) is 1.66. The number of halogens is 1. The minimum Gasteiger partial charge on any atom is -0.366 e. The molecule has 0 aromatic carbocycles. The van der Waals surface area contributed by atoms with Gasteiger partial charge >= 0.3 is 0 Å². The molecular formula is C11H17ClN4O2. The lowest BCUT2D eigenvalue weighted by Gasteiger charge is -2.10. The number of carbonyl (C=O) groups excluding carboxylic acids is 2. The van der Waals surface area contributed by atoms with Gasteiger partial charge in [-0.25, -0.2) is 0 Å². The summed E-state index contributed by atoms with van der Waals surface area (Å²) in [5.74, 6) is -0.288. The van der Waals surface area contributed by atoms with E-state index in [1.807, 2.05) is 0 Å². The van der Waals surface area contributed by atoms with E-state index >= 15 is 0 Å². The number of primary amides is 1. The third kappa shape index (κ3) is 3.48. The predicted octanol–water partition coefficient (Wildman–Crippen LogP) is 0.00250. The molecule has 18 heavy (non-hydrogen) atoms. The maximum Gasteiger partial charge on any atom is 0.267 e. The van der Waals surface area contributed by atoms with Crippen molar-refractivity contribution >= 4 is 24.2 Å². The number of nitrogens with one attached hydrogen (secondary N) is 2. The summed E-state index contributed by atoms with van der Waals surface area (Å²) in [6.07, 6.45) is 3.70. The summed E-state index contributed by atoms with van der Waals surface area (Å²) in [5, 5.41) is 2.73. The molecule has 100 valence electrons. The van der Waals surface area contributed by atoms with Crippen molar-refractivity contribution in [2.24, 2.45) is 17.4 Å². The average molecular weight is 273 g/mol. The molecule has 0 saturated heterocycles. The summed E-state index contributed by atoms with van der Waals surface area (Å²) in [4.78, 5) is 25.2. The molecule has 2 rings (SSSR count). The highest BCUT2D eigenvalue weighted by Gasteiger charge is 2.28. The van der Waals surface area contributed by atoms with Crippen LogP contribution in [0.3, 0.4) is 0 Å². The number of amides is 2. The number of hydrogen-bond donors (Lipinski definition) is 4. The first-order valence-corrected chi connectivity index (χ1v) is 5.60. The van der Waals surface area contributed by atoms with E-state index in [4.69, 9.17) is 11.5 Å². The average Bonchev–Trinajstić information content (AvgIpc) is 3.02. The second-order valence-corrected chi connectivity index (χ2v) is 4.38. The van der Waals surface area contributed by atoms with Gasteiger partial charge in [-0.1, -0.05) is 0 Å². The molecule has 1 heterocycles. The number of aromatic nitrogens is 1. The van der Waals surface area contributed by atoms with E-state index in [0.29, 0.717) is 23.7 Å². The smallest absolute Gasteiger partial charge is 0.267 e. The lowest BCUT2D eigenvalue weighted by Crippen LogP contribution is -2.38. The highest BCUT2D eigenvalue weighted by molar-refractivity contribution is 5.98. The number of H-pyrrole nitrogens is 1. The van der Waals surface area contributed by atoms with Crippen molar-refractivity contribution in [1.82, 2.24) is 10.3 Å². The molecule has 1 aliphatic rings. The number of hydrogen-bond acceptors (Lipinski definition) is 3. The van der Waals surface area contributed by atoms with Crippen molar-refractivity contribution in [2.75, 3.05) is 6.54 Å². The molecule has 6 N–H and O–H groups in total. The number of aromatic amines is 1. The zero-order chi connectivity index (χ0) is 12.4. The molecule has 0 aliphatic heterocycles. The van der Waals surface area contributed by atoms with Crippen LogP contribution in [-0.4, -0.2) is 29.4 Å². The van der Waals surface area contributed by atoms with Crippen molar-refractivity contribution in [2.45, 2.75) is 18.9 Å². The van der Waals surface area contributed by atoms with Gasteiger partial charge in [0.25, 0.3) is 5.91 Å². The highest BCUT2D eigenvalue weighted by Crippen LogP contribution is 2.31. The molecule has 0 bridgehead atoms. The van der Waals surface area contributed by atoms with E-state index < -0.39 is 5.91 Å². The monoisotopic (exact) mass is 272 g/mol. The molecule has 1 aromatic rings. The van der Waals surface area contributed by atoms with Gasteiger partial charge in [0.05, 0.1) is 5.56 Å². The molecule has 1 fully saturated rings. The summed E-state index contributed by atoms with van der Waals surface area (Å²) >= 11 is 0. The number of rotatable bonds is 5. The van der Waals surface area contributed by atoms with Crippen LogP contribution >= 0.6 is 12.4 Å². The Labute approximate surface area is 111 Å². The zero-order valence-corrected chi connectivity index (χ0v) is 10.6. The Morgan fingerprint density at radius 1 is 1.50 bits per heavy atom. The summed E-state index contributed by atoms with van der Waals surface area (Å²) in [5.41, 5.74) is 11.6. The van der Waals surface area contributed by atoms with Crippen LogP contribution in [0.1, 0.15) is 33.7 Å². The lowest BCUT2D eigenvalue weighted by molar-refractivity contribution is 0.0945. The normalized spacial score (nSPS) is 15.6. The summed E-state index contributed by atoms with van der Waals surface area (Å²) in [6.45, 7) is 0.453. The molecule has 6 nitrogen and oxygen atoms in total. The largest absolute Gasteiger partial charge is 0.366 e. The van der Waals surface area contributed by atoms with Crippen molar-refractivity contribution < 1.29 is 9.59 Å². The molecule has 0 spiro atoms. The molecule has 1 unspecified atom stereocenters. The standard InChI is InChI=1S/C11H16N4O2.ClH/c12-8(6-1-2-6)5-15-11(17)9-3-7(4-14-9)10(13)16;/h3-4,6,8,14H,1-2,5,12H2,(H2,13,16)(H,15,17);1H. The van der Waals surface area contributed by atoms with Crippen LogP contribution in [-0.2, 0) is 0 Å². The van der Waals surface area contributed by atoms with Gasteiger partial charge in [0.2, 0.25) is 5.91 Å². The van der Waals surface area contributed by atoms with Crippen LogP contribution in [0.2, 0.25) is 0 Å². The number of nitrogens with two attached hydrogens (primary N) is 2. The first kappa shape index (κ1) is 14.5. The van der Waals surface area contributed by atoms with Gasteiger partial charge in [-0.2, -0.15) is 0 Å². The highest BCUT2D eigenvalue weighted by atomic mass is 35.5. The second kappa shape index (κ2) is 5.88. The minimum absolute atomic E-state index is 0. The number of carbonyl (C=O) groups is 2. The van der Waals surface area contributed by atoms with Crippen molar-refractivity contribution in [3.63, 3.8) is 0 Å². The predicted molar refractivity (Wildman–Crippen MR) is 69.6 cm³/mol. The van der Waals surface area contributed by atoms with Gasteiger partial charge in [-0.05, 0) is 24.8 Å². The Morgan fingerprint density at radius 2 is 2.17 bits per heavy atom. The van der Waals surface area contributed by atoms with Crippen LogP contribution < -0.4 is 16.8 Å². The Morgan fingerprint density at radius 3 is 2.67 bits per heavy atom. The van der Waals surface area contributed by atoms with E-state index in [-0.39, 0.29) is 24.4 Å². The second-order valence-electron chi connectivity index (χ2n) is 4.38. The SMILES string of the molecule is Cl.NC(=O)c1c[nH]c(C(=O)NCC(N)C2CC2)c1. The summed E-state index contributed by atoms with van der Waals surface area (Å²) < 4.78 is 0. The third-order valence-electron chi connectivity index (χ3n) is 2.94. The maximum absolute atomic E-state index is 11.7. The van der Waals surface area contributed by atoms with Crippen molar-refractivity contribution in [3.05, 3.63) is 23.5 Å². The van der Waals surface area contributed by atoms with Crippen LogP contribution in [0.4, 0.5) is 0 Å². The van der Waals surface area contributed by atoms with Crippen molar-refractivity contribution in [1.29, 1.82) is 0 Å². The van der Waals surface area contributed by atoms with Gasteiger partial charge in [0.1, 0.15) is 5.69 Å². The summed E-state index contributed by atoms with van der Waals surface area (Å²) in [6, 6.07) is 1.45. The maximum atomic E-state index is 11.7. The fraction of sp³-hybridized carbons (Fsp3) is 0.455. The summed E-state index contributed by atoms with van der Waals surface area (Å²) in [7, 11) is 0. The first-order chi connectivity index (χ1) is 8.08. The molecule has 1 saturated carbocycles. The molecule has 1 aromatic heterocycles. The van der Waals surface area contributed by atoms with Crippen LogP contribution in [0, 0.1) is 5.92 Å². The molecule has 1 atom stereocenters. The van der Waals surface area contributed by atoms with Crippen LogP contribution in [0.5, 0.6) is 0 Å². The molecule has 7 heteroatoms. The molecule has 2 amide bonds. The lowest BCUT2D eigenvalue weighted by atomic mass is 10.2. The van der Waals surface area contributed by atoms with Gasteiger partial charge in [-0.3, -0.25) is 9.59 Å².